The monoisotopic (exact) mass is 987 g/mol. The standard InChI is InChI=1S/C49H78O20/c1-44(2)14-16-49(43(62)69-41-35(59)32(56)30(54)25(20-51)65-41)17-15-47(5)22(23(49)18-44)8-9-27-45(3)12-11-28(46(4,21-52)26(45)10-13-48(27,47)6)66-42-36(60)33(57)37(38(68-42)39(61)63-7)67-40-34(58)31(55)29(53)24(19-50)64-40/h8,23-38,40-42,50-60H,9-21H2,1-7H3/t23-,24-,25-,26-,27-,28+,29+,30-,31+,32+,33-,34-,35-,36-,37+,38+,40+,41+,42-,45+,46+,47-,48-,49+/m1/s1. The molecule has 0 unspecified atom stereocenters. The predicted molar refractivity (Wildman–Crippen MR) is 237 cm³/mol. The summed E-state index contributed by atoms with van der Waals surface area (Å²) in [6, 6.07) is 0. The summed E-state index contributed by atoms with van der Waals surface area (Å²) < 4.78 is 40.4. The Balaban J connectivity index is 1.03. The molecule has 20 heteroatoms. The quantitative estimate of drug-likeness (QED) is 0.0732. The van der Waals surface area contributed by atoms with Gasteiger partial charge in [-0.1, -0.05) is 53.2 Å². The fourth-order valence-corrected chi connectivity index (χ4v) is 15.1. The Hall–Kier alpha value is -1.96. The van der Waals surface area contributed by atoms with Crippen molar-refractivity contribution in [2.24, 2.45) is 50.2 Å². The Morgan fingerprint density at radius 3 is 1.84 bits per heavy atom. The van der Waals surface area contributed by atoms with E-state index in [1.54, 1.807) is 0 Å². The summed E-state index contributed by atoms with van der Waals surface area (Å²) in [6.45, 7) is 11.7. The van der Waals surface area contributed by atoms with Gasteiger partial charge >= 0.3 is 11.9 Å². The second-order valence-electron chi connectivity index (χ2n) is 23.5. The lowest BCUT2D eigenvalue weighted by Gasteiger charge is -2.71. The topological polar surface area (TPSA) is 321 Å². The van der Waals surface area contributed by atoms with E-state index in [2.05, 4.69) is 40.7 Å². The van der Waals surface area contributed by atoms with Gasteiger partial charge in [0.15, 0.2) is 18.7 Å². The SMILES string of the molecule is COC(=O)[C@H]1O[C@@H](O[C@H]2CC[C@@]3(C)[C@@H](CC[C@]4(C)[C@@H]3CC=C3[C@H]5CC(C)(C)CC[C@]5(C(=O)O[C@@H]5O[C@H](CO)[C@@H](O)[C@H](O)[C@H]5O)CC[C@]34C)[C@]2(C)CO)[C@H](O)[C@@H](O)[C@@H]1O[C@@H]1O[C@H](CO)[C@H](O)[C@H](O)[C@H]1O. The van der Waals surface area contributed by atoms with Crippen LogP contribution in [0.4, 0.5) is 0 Å². The predicted octanol–water partition coefficient (Wildman–Crippen LogP) is -0.706. The van der Waals surface area contributed by atoms with E-state index in [0.29, 0.717) is 44.9 Å². The highest BCUT2D eigenvalue weighted by molar-refractivity contribution is 5.79. The van der Waals surface area contributed by atoms with Gasteiger partial charge in [-0.05, 0) is 104 Å². The largest absolute Gasteiger partial charge is 0.467 e. The number of aliphatic hydroxyl groups excluding tert-OH is 11. The highest BCUT2D eigenvalue weighted by Crippen LogP contribution is 2.76. The van der Waals surface area contributed by atoms with Gasteiger partial charge in [0, 0.05) is 5.41 Å². The first-order chi connectivity index (χ1) is 32.3. The van der Waals surface area contributed by atoms with Crippen LogP contribution in [0.1, 0.15) is 106 Å². The molecule has 0 spiro atoms. The maximum absolute atomic E-state index is 14.7. The molecule has 0 radical (unpaired) electrons. The minimum Gasteiger partial charge on any atom is -0.467 e. The normalized spacial score (nSPS) is 52.8. The Bertz CT molecular complexity index is 1910. The average molecular weight is 987 g/mol. The zero-order valence-electron chi connectivity index (χ0n) is 40.8. The summed E-state index contributed by atoms with van der Waals surface area (Å²) in [7, 11) is 1.08. The molecular formula is C49H78O20. The number of carbonyl (C=O) groups excluding carboxylic acids is 2. The van der Waals surface area contributed by atoms with Gasteiger partial charge in [0.25, 0.3) is 0 Å². The van der Waals surface area contributed by atoms with Crippen molar-refractivity contribution < 1.29 is 98.9 Å². The highest BCUT2D eigenvalue weighted by Gasteiger charge is 2.71. The molecule has 0 aromatic carbocycles. The molecule has 24 atom stereocenters. The number of aliphatic hydroxyl groups is 11. The minimum absolute atomic E-state index is 0.0971. The molecule has 11 N–H and O–H groups in total. The van der Waals surface area contributed by atoms with Crippen LogP contribution in [0.15, 0.2) is 11.6 Å². The molecule has 20 nitrogen and oxygen atoms in total. The van der Waals surface area contributed by atoms with Gasteiger partial charge in [-0.25, -0.2) is 4.79 Å². The second kappa shape index (κ2) is 19.1. The number of hydrogen-bond acceptors (Lipinski definition) is 20. The first kappa shape index (κ1) is 53.3. The zero-order chi connectivity index (χ0) is 50.6. The van der Waals surface area contributed by atoms with Crippen molar-refractivity contribution in [3.05, 3.63) is 11.6 Å². The highest BCUT2D eigenvalue weighted by atomic mass is 16.8. The van der Waals surface area contributed by atoms with Crippen molar-refractivity contribution in [1.29, 1.82) is 0 Å². The first-order valence-corrected chi connectivity index (χ1v) is 24.9. The van der Waals surface area contributed by atoms with E-state index < -0.39 is 134 Å². The van der Waals surface area contributed by atoms with Crippen molar-refractivity contribution in [3.63, 3.8) is 0 Å². The number of rotatable bonds is 10. The molecule has 4 saturated carbocycles. The summed E-state index contributed by atoms with van der Waals surface area (Å²) in [5.41, 5.74) is -1.63. The third-order valence-electron chi connectivity index (χ3n) is 19.6. The summed E-state index contributed by atoms with van der Waals surface area (Å²) in [6.07, 6.45) is -17.0. The smallest absolute Gasteiger partial charge is 0.337 e. The zero-order valence-corrected chi connectivity index (χ0v) is 40.8. The average Bonchev–Trinajstić information content (AvgIpc) is 3.31. The van der Waals surface area contributed by atoms with Crippen molar-refractivity contribution >= 4 is 11.9 Å². The van der Waals surface area contributed by atoms with Crippen LogP contribution >= 0.6 is 0 Å². The number of ether oxygens (including phenoxy) is 7. The fourth-order valence-electron chi connectivity index (χ4n) is 15.1. The maximum Gasteiger partial charge on any atom is 0.337 e. The molecule has 8 aliphatic rings. The van der Waals surface area contributed by atoms with E-state index in [1.165, 1.54) is 5.57 Å². The Morgan fingerprint density at radius 2 is 1.23 bits per heavy atom. The number of allylic oxidation sites excluding steroid dienone is 2. The number of carbonyl (C=O) groups is 2. The Labute approximate surface area is 402 Å². The Morgan fingerprint density at radius 1 is 0.652 bits per heavy atom. The molecule has 8 rings (SSSR count). The lowest BCUT2D eigenvalue weighted by atomic mass is 9.33. The molecule has 3 aliphatic heterocycles. The van der Waals surface area contributed by atoms with Crippen LogP contribution in [0.2, 0.25) is 0 Å². The first-order valence-electron chi connectivity index (χ1n) is 24.9. The maximum atomic E-state index is 14.7. The van der Waals surface area contributed by atoms with E-state index in [9.17, 15) is 65.8 Å². The minimum atomic E-state index is -1.90. The van der Waals surface area contributed by atoms with E-state index >= 15 is 0 Å². The lowest BCUT2D eigenvalue weighted by molar-refractivity contribution is -0.364. The molecule has 69 heavy (non-hydrogen) atoms. The molecule has 0 bridgehead atoms. The summed E-state index contributed by atoms with van der Waals surface area (Å²) in [5, 5.41) is 117. The number of methoxy groups -OCH3 is 1. The van der Waals surface area contributed by atoms with E-state index in [1.807, 2.05) is 6.92 Å². The third-order valence-corrected chi connectivity index (χ3v) is 19.6. The number of fused-ring (bicyclic) bond motifs is 7. The molecular weight excluding hydrogens is 909 g/mol. The van der Waals surface area contributed by atoms with Crippen LogP contribution in [0, 0.1) is 50.2 Å². The van der Waals surface area contributed by atoms with Crippen LogP contribution in [-0.2, 0) is 42.7 Å². The third kappa shape index (κ3) is 8.36. The van der Waals surface area contributed by atoms with Crippen molar-refractivity contribution in [2.45, 2.75) is 204 Å². The van der Waals surface area contributed by atoms with Crippen LogP contribution in [0.25, 0.3) is 0 Å². The number of hydrogen-bond donors (Lipinski definition) is 11. The molecule has 0 amide bonds. The van der Waals surface area contributed by atoms with Gasteiger partial charge in [0.1, 0.15) is 67.1 Å². The van der Waals surface area contributed by atoms with Crippen LogP contribution in [0.5, 0.6) is 0 Å². The summed E-state index contributed by atoms with van der Waals surface area (Å²) in [4.78, 5) is 27.9. The van der Waals surface area contributed by atoms with Gasteiger partial charge in [0.2, 0.25) is 6.29 Å². The van der Waals surface area contributed by atoms with E-state index in [0.717, 1.165) is 26.4 Å². The van der Waals surface area contributed by atoms with Gasteiger partial charge in [0.05, 0.1) is 38.4 Å². The van der Waals surface area contributed by atoms with Crippen molar-refractivity contribution in [3.8, 4) is 0 Å². The van der Waals surface area contributed by atoms with Crippen molar-refractivity contribution in [1.82, 2.24) is 0 Å². The van der Waals surface area contributed by atoms with Crippen molar-refractivity contribution in [2.75, 3.05) is 26.9 Å². The molecule has 5 aliphatic carbocycles. The van der Waals surface area contributed by atoms with Gasteiger partial charge < -0.3 is 89.3 Å². The van der Waals surface area contributed by atoms with Crippen LogP contribution in [0.3, 0.4) is 0 Å². The lowest BCUT2D eigenvalue weighted by Crippen LogP contribution is -2.68. The van der Waals surface area contributed by atoms with Crippen LogP contribution < -0.4 is 0 Å². The molecule has 0 aromatic rings. The van der Waals surface area contributed by atoms with E-state index in [-0.39, 0.29) is 46.0 Å². The Kier molecular flexibility index (Phi) is 14.7. The molecule has 3 saturated heterocycles. The fraction of sp³-hybridized carbons (Fsp3) is 0.918. The van der Waals surface area contributed by atoms with Gasteiger partial charge in [-0.3, -0.25) is 4.79 Å². The molecule has 7 fully saturated rings. The molecule has 394 valence electrons. The van der Waals surface area contributed by atoms with Gasteiger partial charge in [-0.15, -0.1) is 0 Å². The summed E-state index contributed by atoms with van der Waals surface area (Å²) in [5.74, 6) is -1.70. The second-order valence-corrected chi connectivity index (χ2v) is 23.5. The van der Waals surface area contributed by atoms with Crippen LogP contribution in [-0.4, -0.2) is 193 Å². The number of esters is 2. The summed E-state index contributed by atoms with van der Waals surface area (Å²) >= 11 is 0. The molecule has 3 heterocycles. The van der Waals surface area contributed by atoms with E-state index in [4.69, 9.17) is 33.2 Å². The molecule has 0 aromatic heterocycles. The van der Waals surface area contributed by atoms with Gasteiger partial charge in [-0.2, -0.15) is 0 Å².